The average Bonchev–Trinajstić information content (AvgIpc) is 2.16. The molecule has 3 N–H and O–H groups in total. The first-order chi connectivity index (χ1) is 7.36. The van der Waals surface area contributed by atoms with E-state index in [1.165, 1.54) is 13.0 Å². The molecule has 1 aromatic carbocycles. The third kappa shape index (κ3) is 2.96. The second-order valence-electron chi connectivity index (χ2n) is 3.69. The number of nitrogens with two attached hydrogens (primary N) is 1. The third-order valence-electron chi connectivity index (χ3n) is 2.44. The molecule has 2 nitrogen and oxygen atoms in total. The molecule has 0 aromatic heterocycles. The molecule has 0 heterocycles. The van der Waals surface area contributed by atoms with E-state index in [0.717, 1.165) is 6.07 Å². The smallest absolute Gasteiger partial charge is 0.396 e. The van der Waals surface area contributed by atoms with Crippen LogP contribution < -0.4 is 5.73 Å². The molecular formula is C11H14F3NO. The molecule has 16 heavy (non-hydrogen) atoms. The number of hydrogen-bond acceptors (Lipinski definition) is 2. The van der Waals surface area contributed by atoms with E-state index in [-0.39, 0.29) is 18.6 Å². The van der Waals surface area contributed by atoms with Gasteiger partial charge in [0.05, 0.1) is 5.56 Å². The van der Waals surface area contributed by atoms with E-state index < -0.39 is 17.8 Å². The predicted molar refractivity (Wildman–Crippen MR) is 54.8 cm³/mol. The third-order valence-corrected chi connectivity index (χ3v) is 2.44. The predicted octanol–water partition coefficient (Wildman–Crippen LogP) is 2.40. The fourth-order valence-corrected chi connectivity index (χ4v) is 1.48. The summed E-state index contributed by atoms with van der Waals surface area (Å²) >= 11 is 0. The topological polar surface area (TPSA) is 46.2 Å². The average molecular weight is 233 g/mol. The zero-order chi connectivity index (χ0) is 12.3. The van der Waals surface area contributed by atoms with Gasteiger partial charge in [0.25, 0.3) is 0 Å². The minimum atomic E-state index is -4.36. The first kappa shape index (κ1) is 13.0. The molecule has 0 aliphatic heterocycles. The Morgan fingerprint density at radius 2 is 2.00 bits per heavy atom. The first-order valence-corrected chi connectivity index (χ1v) is 4.90. The molecule has 0 fully saturated rings. The van der Waals surface area contributed by atoms with Crippen LogP contribution in [0.1, 0.15) is 29.2 Å². The highest BCUT2D eigenvalue weighted by atomic mass is 19.4. The molecule has 0 bridgehead atoms. The second kappa shape index (κ2) is 4.84. The number of aliphatic hydroxyl groups is 1. The molecule has 0 amide bonds. The largest absolute Gasteiger partial charge is 0.416 e. The number of aliphatic hydroxyl groups excluding tert-OH is 1. The van der Waals surface area contributed by atoms with Crippen LogP contribution >= 0.6 is 0 Å². The normalized spacial score (nSPS) is 13.9. The number of rotatable bonds is 3. The fraction of sp³-hybridized carbons (Fsp3) is 0.455. The van der Waals surface area contributed by atoms with Gasteiger partial charge in [-0.25, -0.2) is 0 Å². The van der Waals surface area contributed by atoms with Crippen LogP contribution in [0.5, 0.6) is 0 Å². The Balaban J connectivity index is 3.07. The Morgan fingerprint density at radius 1 is 1.38 bits per heavy atom. The van der Waals surface area contributed by atoms with Crippen LogP contribution in [0, 0.1) is 6.92 Å². The Bertz CT molecular complexity index is 363. The molecule has 5 heteroatoms. The number of hydrogen-bond donors (Lipinski definition) is 2. The lowest BCUT2D eigenvalue weighted by atomic mass is 9.99. The van der Waals surface area contributed by atoms with Gasteiger partial charge in [0, 0.05) is 12.6 Å². The van der Waals surface area contributed by atoms with Crippen molar-refractivity contribution in [2.45, 2.75) is 25.6 Å². The summed E-state index contributed by atoms with van der Waals surface area (Å²) in [4.78, 5) is 0. The Morgan fingerprint density at radius 3 is 2.50 bits per heavy atom. The first-order valence-electron chi connectivity index (χ1n) is 4.90. The Kier molecular flexibility index (Phi) is 3.93. The lowest BCUT2D eigenvalue weighted by Gasteiger charge is -2.15. The minimum Gasteiger partial charge on any atom is -0.396 e. The molecule has 1 aromatic rings. The summed E-state index contributed by atoms with van der Waals surface area (Å²) in [6, 6.07) is 3.45. The maximum absolute atomic E-state index is 12.6. The van der Waals surface area contributed by atoms with Gasteiger partial charge in [0.2, 0.25) is 0 Å². The molecule has 0 radical (unpaired) electrons. The quantitative estimate of drug-likeness (QED) is 0.842. The van der Waals surface area contributed by atoms with Gasteiger partial charge in [0.15, 0.2) is 0 Å². The number of benzene rings is 1. The molecule has 1 unspecified atom stereocenters. The van der Waals surface area contributed by atoms with Crippen LogP contribution in [0.4, 0.5) is 13.2 Å². The van der Waals surface area contributed by atoms with Crippen molar-refractivity contribution in [3.63, 3.8) is 0 Å². The molecule has 1 rings (SSSR count). The maximum Gasteiger partial charge on any atom is 0.416 e. The van der Waals surface area contributed by atoms with Gasteiger partial charge >= 0.3 is 6.18 Å². The number of aryl methyl sites for hydroxylation is 1. The highest BCUT2D eigenvalue weighted by Gasteiger charge is 2.32. The van der Waals surface area contributed by atoms with Gasteiger partial charge in [-0.1, -0.05) is 12.1 Å². The van der Waals surface area contributed by atoms with Crippen molar-refractivity contribution in [3.8, 4) is 0 Å². The van der Waals surface area contributed by atoms with Crippen LogP contribution in [0.15, 0.2) is 18.2 Å². The maximum atomic E-state index is 12.6. The van der Waals surface area contributed by atoms with Gasteiger partial charge < -0.3 is 10.8 Å². The van der Waals surface area contributed by atoms with Crippen molar-refractivity contribution in [2.75, 3.05) is 6.61 Å². The summed E-state index contributed by atoms with van der Waals surface area (Å²) in [5, 5.41) is 8.68. The highest BCUT2D eigenvalue weighted by molar-refractivity contribution is 5.34. The van der Waals surface area contributed by atoms with Crippen molar-refractivity contribution in [1.29, 1.82) is 0 Å². The summed E-state index contributed by atoms with van der Waals surface area (Å²) in [7, 11) is 0. The Labute approximate surface area is 91.9 Å². The van der Waals surface area contributed by atoms with E-state index in [2.05, 4.69) is 0 Å². The van der Waals surface area contributed by atoms with Crippen LogP contribution in [-0.4, -0.2) is 11.7 Å². The molecule has 0 aliphatic carbocycles. The molecule has 0 saturated heterocycles. The van der Waals surface area contributed by atoms with Crippen molar-refractivity contribution in [2.24, 2.45) is 5.73 Å². The van der Waals surface area contributed by atoms with E-state index in [9.17, 15) is 13.2 Å². The summed E-state index contributed by atoms with van der Waals surface area (Å²) in [5.41, 5.74) is 5.54. The standard InChI is InChI=1S/C11H14F3NO/c1-7-2-3-8(10(15)4-5-16)6-9(7)11(12,13)14/h2-3,6,10,16H,4-5,15H2,1H3. The van der Waals surface area contributed by atoms with Gasteiger partial charge in [-0.15, -0.1) is 0 Å². The van der Waals surface area contributed by atoms with E-state index in [1.807, 2.05) is 0 Å². The second-order valence-corrected chi connectivity index (χ2v) is 3.69. The van der Waals surface area contributed by atoms with E-state index >= 15 is 0 Å². The highest BCUT2D eigenvalue weighted by Crippen LogP contribution is 2.33. The zero-order valence-corrected chi connectivity index (χ0v) is 8.88. The van der Waals surface area contributed by atoms with Gasteiger partial charge in [0.1, 0.15) is 0 Å². The molecule has 0 aliphatic rings. The van der Waals surface area contributed by atoms with E-state index in [4.69, 9.17) is 10.8 Å². The van der Waals surface area contributed by atoms with Crippen LogP contribution in [0.3, 0.4) is 0 Å². The summed E-state index contributed by atoms with van der Waals surface area (Å²) in [6.07, 6.45) is -4.11. The lowest BCUT2D eigenvalue weighted by molar-refractivity contribution is -0.138. The zero-order valence-electron chi connectivity index (χ0n) is 8.88. The summed E-state index contributed by atoms with van der Waals surface area (Å²) < 4.78 is 37.8. The van der Waals surface area contributed by atoms with Crippen LogP contribution in [0.2, 0.25) is 0 Å². The van der Waals surface area contributed by atoms with Crippen molar-refractivity contribution >= 4 is 0 Å². The fourth-order valence-electron chi connectivity index (χ4n) is 1.48. The molecule has 90 valence electrons. The molecule has 1 atom stereocenters. The van der Waals surface area contributed by atoms with Crippen LogP contribution in [-0.2, 0) is 6.18 Å². The summed E-state index contributed by atoms with van der Waals surface area (Å²) in [6.45, 7) is 1.26. The monoisotopic (exact) mass is 233 g/mol. The SMILES string of the molecule is Cc1ccc(C(N)CCO)cc1C(F)(F)F. The molecule has 0 saturated carbocycles. The van der Waals surface area contributed by atoms with Crippen molar-refractivity contribution < 1.29 is 18.3 Å². The van der Waals surface area contributed by atoms with Gasteiger partial charge in [-0.3, -0.25) is 0 Å². The van der Waals surface area contributed by atoms with Crippen LogP contribution in [0.25, 0.3) is 0 Å². The van der Waals surface area contributed by atoms with E-state index in [1.54, 1.807) is 6.07 Å². The number of alkyl halides is 3. The lowest BCUT2D eigenvalue weighted by Crippen LogP contribution is -2.14. The minimum absolute atomic E-state index is 0.142. The van der Waals surface area contributed by atoms with Crippen molar-refractivity contribution in [3.05, 3.63) is 34.9 Å². The Hall–Kier alpha value is -1.07. The number of halogens is 3. The van der Waals surface area contributed by atoms with Crippen molar-refractivity contribution in [1.82, 2.24) is 0 Å². The molecule has 0 spiro atoms. The summed E-state index contributed by atoms with van der Waals surface area (Å²) in [5.74, 6) is 0. The van der Waals surface area contributed by atoms with Gasteiger partial charge in [-0.2, -0.15) is 13.2 Å². The van der Waals surface area contributed by atoms with Gasteiger partial charge in [-0.05, 0) is 30.5 Å². The molecular weight excluding hydrogens is 219 g/mol. The van der Waals surface area contributed by atoms with E-state index in [0.29, 0.717) is 5.56 Å².